The largest absolute Gasteiger partial charge is 0.290 e. The third-order valence-electron chi connectivity index (χ3n) is 3.97. The van der Waals surface area contributed by atoms with Crippen molar-refractivity contribution in [2.75, 3.05) is 13.1 Å². The summed E-state index contributed by atoms with van der Waals surface area (Å²) in [5.41, 5.74) is 0.989. The van der Waals surface area contributed by atoms with Crippen LogP contribution in [0.3, 0.4) is 0 Å². The monoisotopic (exact) mass is 243 g/mol. The van der Waals surface area contributed by atoms with Gasteiger partial charge in [-0.2, -0.15) is 0 Å². The second kappa shape index (κ2) is 6.81. The van der Waals surface area contributed by atoms with Crippen LogP contribution < -0.4 is 0 Å². The van der Waals surface area contributed by atoms with Crippen molar-refractivity contribution in [2.24, 2.45) is 5.92 Å². The van der Waals surface area contributed by atoms with Crippen molar-refractivity contribution >= 4 is 0 Å². The third kappa shape index (κ3) is 3.75. The Kier molecular flexibility index (Phi) is 5.08. The van der Waals surface area contributed by atoms with Gasteiger partial charge in [0, 0.05) is 0 Å². The Morgan fingerprint density at radius 3 is 2.67 bits per heavy atom. The van der Waals surface area contributed by atoms with Gasteiger partial charge in [0.1, 0.15) is 0 Å². The molecule has 0 saturated carbocycles. The molecule has 0 bridgehead atoms. The Labute approximate surface area is 112 Å². The molecule has 1 saturated heterocycles. The summed E-state index contributed by atoms with van der Waals surface area (Å²) < 4.78 is 0. The van der Waals surface area contributed by atoms with E-state index in [1.54, 1.807) is 0 Å². The number of nitrogens with zero attached hydrogens (tertiary/aromatic N) is 1. The van der Waals surface area contributed by atoms with Gasteiger partial charge in [-0.1, -0.05) is 37.0 Å². The first-order chi connectivity index (χ1) is 8.77. The molecule has 0 aromatic heterocycles. The number of allylic oxidation sites excluding steroid dienone is 3. The third-order valence-corrected chi connectivity index (χ3v) is 3.97. The summed E-state index contributed by atoms with van der Waals surface area (Å²) in [6.07, 6.45) is 12.4. The van der Waals surface area contributed by atoms with Gasteiger partial charge in [-0.25, -0.2) is 0 Å². The predicted molar refractivity (Wildman–Crippen MR) is 78.3 cm³/mol. The zero-order valence-electron chi connectivity index (χ0n) is 11.6. The minimum absolute atomic E-state index is 0.451. The summed E-state index contributed by atoms with van der Waals surface area (Å²) in [4.78, 5) is 2.61. The van der Waals surface area contributed by atoms with Crippen LogP contribution >= 0.6 is 0 Å². The zero-order valence-corrected chi connectivity index (χ0v) is 11.6. The lowest BCUT2D eigenvalue weighted by Gasteiger charge is -2.36. The van der Waals surface area contributed by atoms with Gasteiger partial charge in [-0.3, -0.25) is 4.90 Å². The highest BCUT2D eigenvalue weighted by molar-refractivity contribution is 5.26. The number of rotatable bonds is 2. The van der Waals surface area contributed by atoms with Crippen LogP contribution in [-0.4, -0.2) is 24.0 Å². The quantitative estimate of drug-likeness (QED) is 0.527. The predicted octanol–water partition coefficient (Wildman–Crippen LogP) is 3.78. The Morgan fingerprint density at radius 1 is 1.28 bits per heavy atom. The molecular formula is C17H25N. The van der Waals surface area contributed by atoms with E-state index in [-0.39, 0.29) is 0 Å². The van der Waals surface area contributed by atoms with Gasteiger partial charge in [0.25, 0.3) is 0 Å². The van der Waals surface area contributed by atoms with Crippen molar-refractivity contribution in [3.63, 3.8) is 0 Å². The highest BCUT2D eigenvalue weighted by Gasteiger charge is 2.26. The van der Waals surface area contributed by atoms with Gasteiger partial charge in [0.15, 0.2) is 0 Å². The SMILES string of the molecule is C=C(C)C#CC(C1CC=CCC1)N1CCCCC1. The van der Waals surface area contributed by atoms with Crippen LogP contribution in [0.2, 0.25) is 0 Å². The molecule has 1 aliphatic heterocycles. The van der Waals surface area contributed by atoms with Crippen molar-refractivity contribution in [1.82, 2.24) is 4.90 Å². The maximum Gasteiger partial charge on any atom is 0.0749 e. The molecule has 1 aliphatic carbocycles. The van der Waals surface area contributed by atoms with Crippen molar-refractivity contribution < 1.29 is 0 Å². The molecule has 1 nitrogen and oxygen atoms in total. The van der Waals surface area contributed by atoms with Crippen LogP contribution in [-0.2, 0) is 0 Å². The van der Waals surface area contributed by atoms with Crippen LogP contribution in [0.25, 0.3) is 0 Å². The molecule has 0 N–H and O–H groups in total. The van der Waals surface area contributed by atoms with E-state index in [2.05, 4.69) is 35.5 Å². The number of hydrogen-bond donors (Lipinski definition) is 0. The van der Waals surface area contributed by atoms with E-state index < -0.39 is 0 Å². The molecule has 2 unspecified atom stereocenters. The Balaban J connectivity index is 2.08. The van der Waals surface area contributed by atoms with Crippen molar-refractivity contribution in [3.05, 3.63) is 24.3 Å². The highest BCUT2D eigenvalue weighted by atomic mass is 15.2. The van der Waals surface area contributed by atoms with E-state index >= 15 is 0 Å². The fourth-order valence-electron chi connectivity index (χ4n) is 3.00. The van der Waals surface area contributed by atoms with E-state index in [1.165, 1.54) is 51.6 Å². The van der Waals surface area contributed by atoms with Crippen LogP contribution in [0.15, 0.2) is 24.3 Å². The summed E-state index contributed by atoms with van der Waals surface area (Å²) in [5.74, 6) is 7.45. The molecule has 98 valence electrons. The van der Waals surface area contributed by atoms with Gasteiger partial charge < -0.3 is 0 Å². The molecule has 2 rings (SSSR count). The molecule has 1 fully saturated rings. The topological polar surface area (TPSA) is 3.24 Å². The minimum Gasteiger partial charge on any atom is -0.290 e. The molecular weight excluding hydrogens is 218 g/mol. The second-order valence-electron chi connectivity index (χ2n) is 5.64. The molecule has 0 aromatic carbocycles. The van der Waals surface area contributed by atoms with Crippen LogP contribution in [0.4, 0.5) is 0 Å². The van der Waals surface area contributed by atoms with E-state index in [0.29, 0.717) is 6.04 Å². The first-order valence-corrected chi connectivity index (χ1v) is 7.33. The zero-order chi connectivity index (χ0) is 12.8. The molecule has 1 heterocycles. The van der Waals surface area contributed by atoms with Crippen molar-refractivity contribution in [1.29, 1.82) is 0 Å². The normalized spacial score (nSPS) is 26.2. The van der Waals surface area contributed by atoms with Gasteiger partial charge in [0.2, 0.25) is 0 Å². The average molecular weight is 243 g/mol. The molecule has 18 heavy (non-hydrogen) atoms. The standard InChI is InChI=1S/C17H25N/c1-15(2)11-12-17(16-9-5-3-6-10-16)18-13-7-4-8-14-18/h3,5,16-17H,1,4,6-10,13-14H2,2H3. The first kappa shape index (κ1) is 13.4. The summed E-state index contributed by atoms with van der Waals surface area (Å²) in [6.45, 7) is 8.38. The van der Waals surface area contributed by atoms with Gasteiger partial charge in [-0.15, -0.1) is 0 Å². The van der Waals surface area contributed by atoms with Crippen molar-refractivity contribution in [2.45, 2.75) is 51.5 Å². The lowest BCUT2D eigenvalue weighted by atomic mass is 9.86. The average Bonchev–Trinajstić information content (AvgIpc) is 2.41. The molecule has 0 radical (unpaired) electrons. The van der Waals surface area contributed by atoms with E-state index in [0.717, 1.165) is 11.5 Å². The van der Waals surface area contributed by atoms with Crippen LogP contribution in [0.5, 0.6) is 0 Å². The maximum absolute atomic E-state index is 3.91. The van der Waals surface area contributed by atoms with Gasteiger partial charge in [-0.05, 0) is 63.6 Å². The highest BCUT2D eigenvalue weighted by Crippen LogP contribution is 2.27. The van der Waals surface area contributed by atoms with Crippen LogP contribution in [0.1, 0.15) is 45.4 Å². The minimum atomic E-state index is 0.451. The molecule has 0 aromatic rings. The number of piperidine rings is 1. The van der Waals surface area contributed by atoms with Gasteiger partial charge in [0.05, 0.1) is 6.04 Å². The van der Waals surface area contributed by atoms with E-state index in [4.69, 9.17) is 0 Å². The molecule has 0 spiro atoms. The smallest absolute Gasteiger partial charge is 0.0749 e. The molecule has 2 atom stereocenters. The molecule has 1 heteroatoms. The maximum atomic E-state index is 3.91. The fraction of sp³-hybridized carbons (Fsp3) is 0.647. The Hall–Kier alpha value is -1.00. The second-order valence-corrected chi connectivity index (χ2v) is 5.64. The fourth-order valence-corrected chi connectivity index (χ4v) is 3.00. The Bertz CT molecular complexity index is 363. The van der Waals surface area contributed by atoms with Gasteiger partial charge >= 0.3 is 0 Å². The lowest BCUT2D eigenvalue weighted by molar-refractivity contribution is 0.148. The summed E-state index contributed by atoms with van der Waals surface area (Å²) in [7, 11) is 0. The summed E-state index contributed by atoms with van der Waals surface area (Å²) in [6, 6.07) is 0.451. The van der Waals surface area contributed by atoms with Crippen LogP contribution in [0, 0.1) is 17.8 Å². The number of likely N-dealkylation sites (tertiary alicyclic amines) is 1. The first-order valence-electron chi connectivity index (χ1n) is 7.33. The summed E-state index contributed by atoms with van der Waals surface area (Å²) in [5, 5.41) is 0. The molecule has 0 amide bonds. The summed E-state index contributed by atoms with van der Waals surface area (Å²) >= 11 is 0. The van der Waals surface area contributed by atoms with E-state index in [9.17, 15) is 0 Å². The van der Waals surface area contributed by atoms with Crippen molar-refractivity contribution in [3.8, 4) is 11.8 Å². The lowest BCUT2D eigenvalue weighted by Crippen LogP contribution is -2.43. The molecule has 2 aliphatic rings. The Morgan fingerprint density at radius 2 is 2.06 bits per heavy atom. The number of hydrogen-bond acceptors (Lipinski definition) is 1. The van der Waals surface area contributed by atoms with E-state index in [1.807, 2.05) is 6.92 Å².